The first kappa shape index (κ1) is 21.3. The molecule has 0 unspecified atom stereocenters. The summed E-state index contributed by atoms with van der Waals surface area (Å²) in [5.74, 6) is 0.186. The number of hydrogen-bond acceptors (Lipinski definition) is 4. The van der Waals surface area contributed by atoms with Gasteiger partial charge in [-0.1, -0.05) is 33.4 Å². The molecule has 0 aliphatic rings. The van der Waals surface area contributed by atoms with E-state index in [0.29, 0.717) is 0 Å². The molecule has 128 valence electrons. The van der Waals surface area contributed by atoms with Crippen LogP contribution in [-0.4, -0.2) is 57.3 Å². The summed E-state index contributed by atoms with van der Waals surface area (Å²) in [4.78, 5) is 0. The van der Waals surface area contributed by atoms with Crippen LogP contribution in [0.25, 0.3) is 0 Å². The zero-order valence-corrected chi connectivity index (χ0v) is 17.4. The van der Waals surface area contributed by atoms with Gasteiger partial charge in [-0.05, 0) is 25.7 Å². The van der Waals surface area contributed by atoms with Gasteiger partial charge in [0.25, 0.3) is 0 Å². The van der Waals surface area contributed by atoms with Crippen LogP contribution in [-0.2, 0) is 18.9 Å². The highest BCUT2D eigenvalue weighted by atomic mass is 28.3. The van der Waals surface area contributed by atoms with Crippen molar-refractivity contribution in [2.45, 2.75) is 70.9 Å². The average Bonchev–Trinajstić information content (AvgIpc) is 2.51. The number of hydrogen-bond donors (Lipinski definition) is 0. The van der Waals surface area contributed by atoms with Crippen molar-refractivity contribution in [3.05, 3.63) is 0 Å². The Bertz CT molecular complexity index is 172. The minimum absolute atomic E-state index is 0.0930. The van der Waals surface area contributed by atoms with E-state index in [1.165, 1.54) is 5.67 Å². The van der Waals surface area contributed by atoms with E-state index < -0.39 is 0 Å². The molecular weight excluding hydrogens is 300 g/mol. The van der Waals surface area contributed by atoms with Crippen LogP contribution in [0, 0.1) is 0 Å². The first-order chi connectivity index (χ1) is 10.3. The van der Waals surface area contributed by atoms with Gasteiger partial charge >= 0.3 is 0 Å². The van der Waals surface area contributed by atoms with E-state index in [1.54, 1.807) is 0 Å². The lowest BCUT2D eigenvalue weighted by Crippen LogP contribution is -2.31. The Balaban J connectivity index is 3.96. The maximum atomic E-state index is 5.82. The summed E-state index contributed by atoms with van der Waals surface area (Å²) >= 11 is 0. The molecule has 0 aromatic carbocycles. The Morgan fingerprint density at radius 1 is 0.571 bits per heavy atom. The molecule has 0 saturated carbocycles. The van der Waals surface area contributed by atoms with E-state index in [9.17, 15) is 0 Å². The van der Waals surface area contributed by atoms with Crippen molar-refractivity contribution < 1.29 is 18.9 Å². The SMILES string of the molecule is CCCOC(OCCC)[SiH2]C[SiH2]C(OCCC)OCCC. The molecule has 0 aromatic rings. The molecule has 0 radical (unpaired) electrons. The van der Waals surface area contributed by atoms with Crippen LogP contribution >= 0.6 is 0 Å². The van der Waals surface area contributed by atoms with Crippen LogP contribution in [0.4, 0.5) is 0 Å². The van der Waals surface area contributed by atoms with Gasteiger partial charge in [-0.15, -0.1) is 0 Å². The lowest BCUT2D eigenvalue weighted by atomic mass is 10.5. The van der Waals surface area contributed by atoms with E-state index in [-0.39, 0.29) is 30.9 Å². The molecule has 0 aliphatic heterocycles. The second-order valence-corrected chi connectivity index (χ2v) is 10.6. The molecule has 0 atom stereocenters. The first-order valence-corrected chi connectivity index (χ1v) is 12.4. The third kappa shape index (κ3) is 13.6. The number of rotatable bonds is 16. The average molecular weight is 337 g/mol. The summed E-state index contributed by atoms with van der Waals surface area (Å²) in [5.41, 5.74) is 1.27. The smallest absolute Gasteiger partial charge is 0.134 e. The summed E-state index contributed by atoms with van der Waals surface area (Å²) in [6.45, 7) is 11.8. The van der Waals surface area contributed by atoms with Crippen LogP contribution < -0.4 is 0 Å². The quantitative estimate of drug-likeness (QED) is 0.319. The predicted octanol–water partition coefficient (Wildman–Crippen LogP) is 1.97. The van der Waals surface area contributed by atoms with Crippen LogP contribution in [0.2, 0.25) is 5.67 Å². The highest BCUT2D eigenvalue weighted by molar-refractivity contribution is 6.56. The van der Waals surface area contributed by atoms with E-state index in [2.05, 4.69) is 27.7 Å². The highest BCUT2D eigenvalue weighted by Gasteiger charge is 2.14. The van der Waals surface area contributed by atoms with Crippen molar-refractivity contribution in [1.29, 1.82) is 0 Å². The second kappa shape index (κ2) is 16.6. The predicted molar refractivity (Wildman–Crippen MR) is 94.4 cm³/mol. The van der Waals surface area contributed by atoms with Crippen LogP contribution in [0.15, 0.2) is 0 Å². The van der Waals surface area contributed by atoms with Crippen LogP contribution in [0.5, 0.6) is 0 Å². The first-order valence-electron chi connectivity index (χ1n) is 8.74. The van der Waals surface area contributed by atoms with Gasteiger partial charge in [0, 0.05) is 26.4 Å². The fourth-order valence-electron chi connectivity index (χ4n) is 1.88. The molecule has 0 aromatic heterocycles. The molecule has 0 bridgehead atoms. The summed E-state index contributed by atoms with van der Waals surface area (Å²) < 4.78 is 23.3. The van der Waals surface area contributed by atoms with Crippen molar-refractivity contribution in [2.24, 2.45) is 0 Å². The van der Waals surface area contributed by atoms with E-state index in [4.69, 9.17) is 18.9 Å². The molecule has 0 heterocycles. The van der Waals surface area contributed by atoms with E-state index >= 15 is 0 Å². The lowest BCUT2D eigenvalue weighted by molar-refractivity contribution is -0.0922. The monoisotopic (exact) mass is 336 g/mol. The van der Waals surface area contributed by atoms with Gasteiger partial charge in [-0.25, -0.2) is 0 Å². The Morgan fingerprint density at radius 3 is 1.10 bits per heavy atom. The van der Waals surface area contributed by atoms with Gasteiger partial charge in [0.05, 0.1) is 19.0 Å². The van der Waals surface area contributed by atoms with Crippen molar-refractivity contribution in [1.82, 2.24) is 0 Å². The Morgan fingerprint density at radius 2 is 0.857 bits per heavy atom. The fourth-order valence-corrected chi connectivity index (χ4v) is 6.82. The van der Waals surface area contributed by atoms with Gasteiger partial charge in [0.1, 0.15) is 11.8 Å². The minimum atomic E-state index is -0.347. The largest absolute Gasteiger partial charge is 0.357 e. The standard InChI is InChI=1S/C15H36O4Si2/c1-5-9-16-14(17-10-6-2)20-13-21-15(18-11-7-3)19-12-8-4/h14-15H,5-13,20-21H2,1-4H3. The molecule has 6 heteroatoms. The topological polar surface area (TPSA) is 36.9 Å². The number of ether oxygens (including phenoxy) is 4. The molecule has 0 amide bonds. The fraction of sp³-hybridized carbons (Fsp3) is 1.00. The molecule has 0 rings (SSSR count). The molecule has 4 nitrogen and oxygen atoms in total. The molecule has 0 aliphatic carbocycles. The van der Waals surface area contributed by atoms with E-state index in [1.807, 2.05) is 0 Å². The maximum absolute atomic E-state index is 5.82. The van der Waals surface area contributed by atoms with Crippen LogP contribution in [0.1, 0.15) is 53.4 Å². The zero-order chi connectivity index (χ0) is 15.8. The van der Waals surface area contributed by atoms with E-state index in [0.717, 1.165) is 52.1 Å². The molecule has 21 heavy (non-hydrogen) atoms. The maximum Gasteiger partial charge on any atom is 0.134 e. The second-order valence-electron chi connectivity index (χ2n) is 5.27. The van der Waals surface area contributed by atoms with Crippen LogP contribution in [0.3, 0.4) is 0 Å². The van der Waals surface area contributed by atoms with Crippen molar-refractivity contribution in [2.75, 3.05) is 26.4 Å². The molecule has 0 N–H and O–H groups in total. The van der Waals surface area contributed by atoms with Gasteiger partial charge in [0.2, 0.25) is 0 Å². The van der Waals surface area contributed by atoms with Gasteiger partial charge in [-0.3, -0.25) is 0 Å². The summed E-state index contributed by atoms with van der Waals surface area (Å²) in [6.07, 6.45) is 4.22. The van der Waals surface area contributed by atoms with Gasteiger partial charge in [-0.2, -0.15) is 0 Å². The third-order valence-corrected chi connectivity index (χ3v) is 8.06. The molecule has 0 fully saturated rings. The Labute approximate surface area is 135 Å². The molecule has 0 spiro atoms. The van der Waals surface area contributed by atoms with Gasteiger partial charge < -0.3 is 18.9 Å². The normalized spacial score (nSPS) is 12.9. The highest BCUT2D eigenvalue weighted by Crippen LogP contribution is 2.02. The lowest BCUT2D eigenvalue weighted by Gasteiger charge is -2.20. The van der Waals surface area contributed by atoms with Crippen molar-refractivity contribution in [3.8, 4) is 0 Å². The van der Waals surface area contributed by atoms with Gasteiger partial charge in [0.15, 0.2) is 0 Å². The van der Waals surface area contributed by atoms with Crippen molar-refractivity contribution >= 4 is 19.0 Å². The Hall–Kier alpha value is 0.274. The Kier molecular flexibility index (Phi) is 16.9. The summed E-state index contributed by atoms with van der Waals surface area (Å²) in [5, 5.41) is 0. The summed E-state index contributed by atoms with van der Waals surface area (Å²) in [6, 6.07) is 0. The molecule has 0 saturated heterocycles. The molecular formula is C15H36O4Si2. The zero-order valence-electron chi connectivity index (χ0n) is 14.6. The summed E-state index contributed by atoms with van der Waals surface area (Å²) in [7, 11) is -0.695. The minimum Gasteiger partial charge on any atom is -0.357 e. The van der Waals surface area contributed by atoms with Crippen molar-refractivity contribution in [3.63, 3.8) is 0 Å². The third-order valence-electron chi connectivity index (χ3n) is 2.91.